The van der Waals surface area contributed by atoms with Crippen LogP contribution in [0.25, 0.3) is 11.1 Å². The average molecular weight is 268 g/mol. The van der Waals surface area contributed by atoms with Crippen LogP contribution >= 0.6 is 0 Å². The minimum absolute atomic E-state index is 0.0146. The lowest BCUT2D eigenvalue weighted by Gasteiger charge is -2.17. The molecule has 2 aromatic rings. The monoisotopic (exact) mass is 268 g/mol. The van der Waals surface area contributed by atoms with Crippen molar-refractivity contribution in [3.8, 4) is 11.1 Å². The minimum Gasteiger partial charge on any atom is -0.476 e. The van der Waals surface area contributed by atoms with E-state index >= 15 is 0 Å². The fourth-order valence-corrected chi connectivity index (χ4v) is 2.77. The third-order valence-electron chi connectivity index (χ3n) is 3.78. The Morgan fingerprint density at radius 1 is 1.10 bits per heavy atom. The maximum Gasteiger partial charge on any atom is 0.355 e. The Morgan fingerprint density at radius 2 is 1.85 bits per heavy atom. The number of nitrogens with zero attached hydrogens (tertiary/aromatic N) is 1. The predicted molar refractivity (Wildman–Crippen MR) is 77.7 cm³/mol. The Balaban J connectivity index is 2.11. The predicted octanol–water partition coefficient (Wildman–Crippen LogP) is 2.91. The molecule has 0 amide bonds. The zero-order valence-electron chi connectivity index (χ0n) is 11.1. The number of aromatic carboxylic acids is 1. The van der Waals surface area contributed by atoms with Crippen LogP contribution in [0.3, 0.4) is 0 Å². The third kappa shape index (κ3) is 2.25. The maximum absolute atomic E-state index is 11.3. The average Bonchev–Trinajstić information content (AvgIpc) is 2.46. The number of anilines is 1. The van der Waals surface area contributed by atoms with Crippen LogP contribution in [0.15, 0.2) is 30.3 Å². The first-order valence-corrected chi connectivity index (χ1v) is 6.77. The number of hydrogen-bond acceptors (Lipinski definition) is 3. The topological polar surface area (TPSA) is 76.2 Å². The smallest absolute Gasteiger partial charge is 0.355 e. The van der Waals surface area contributed by atoms with Gasteiger partial charge in [0.15, 0.2) is 5.69 Å². The van der Waals surface area contributed by atoms with Gasteiger partial charge in [-0.1, -0.05) is 18.2 Å². The van der Waals surface area contributed by atoms with Gasteiger partial charge in [0.05, 0.1) is 0 Å². The summed E-state index contributed by atoms with van der Waals surface area (Å²) in [6, 6.07) is 9.54. The number of nitrogens with two attached hydrogens (primary N) is 1. The molecular formula is C16H16N2O2. The lowest BCUT2D eigenvalue weighted by Crippen LogP contribution is -2.07. The van der Waals surface area contributed by atoms with Gasteiger partial charge >= 0.3 is 5.97 Å². The van der Waals surface area contributed by atoms with E-state index in [9.17, 15) is 9.90 Å². The number of aryl methyl sites for hydroxylation is 2. The number of aromatic nitrogens is 1. The highest BCUT2D eigenvalue weighted by atomic mass is 16.4. The molecule has 0 bridgehead atoms. The summed E-state index contributed by atoms with van der Waals surface area (Å²) < 4.78 is 0. The summed E-state index contributed by atoms with van der Waals surface area (Å²) in [6.07, 6.45) is 4.60. The van der Waals surface area contributed by atoms with Crippen LogP contribution in [-0.4, -0.2) is 16.1 Å². The van der Waals surface area contributed by atoms with E-state index in [1.165, 1.54) is 24.0 Å². The molecule has 0 spiro atoms. The van der Waals surface area contributed by atoms with E-state index in [-0.39, 0.29) is 11.5 Å². The van der Waals surface area contributed by atoms with Crippen molar-refractivity contribution >= 4 is 11.8 Å². The van der Waals surface area contributed by atoms with Crippen molar-refractivity contribution in [2.45, 2.75) is 25.7 Å². The number of carboxylic acid groups (broad SMARTS) is 1. The first kappa shape index (κ1) is 12.7. The molecule has 3 rings (SSSR count). The first-order valence-electron chi connectivity index (χ1n) is 6.77. The van der Waals surface area contributed by atoms with Gasteiger partial charge in [-0.2, -0.15) is 0 Å². The molecule has 1 aromatic carbocycles. The molecular weight excluding hydrogens is 252 g/mol. The Morgan fingerprint density at radius 3 is 2.60 bits per heavy atom. The Labute approximate surface area is 117 Å². The van der Waals surface area contributed by atoms with Crippen molar-refractivity contribution in [2.24, 2.45) is 0 Å². The number of rotatable bonds is 2. The van der Waals surface area contributed by atoms with Gasteiger partial charge in [-0.05, 0) is 54.5 Å². The van der Waals surface area contributed by atoms with Gasteiger partial charge < -0.3 is 10.8 Å². The van der Waals surface area contributed by atoms with E-state index < -0.39 is 5.97 Å². The second-order valence-electron chi connectivity index (χ2n) is 5.13. The van der Waals surface area contributed by atoms with Crippen LogP contribution in [0, 0.1) is 0 Å². The molecule has 1 aliphatic carbocycles. The van der Waals surface area contributed by atoms with Crippen LogP contribution in [0.2, 0.25) is 0 Å². The van der Waals surface area contributed by atoms with E-state index in [0.717, 1.165) is 18.4 Å². The largest absolute Gasteiger partial charge is 0.476 e. The summed E-state index contributed by atoms with van der Waals surface area (Å²) in [6.45, 7) is 0. The third-order valence-corrected chi connectivity index (χ3v) is 3.78. The van der Waals surface area contributed by atoms with E-state index in [0.29, 0.717) is 5.56 Å². The molecule has 4 heteroatoms. The Bertz CT molecular complexity index is 680. The lowest BCUT2D eigenvalue weighted by atomic mass is 9.89. The van der Waals surface area contributed by atoms with Crippen molar-refractivity contribution in [3.63, 3.8) is 0 Å². The molecule has 20 heavy (non-hydrogen) atoms. The number of fused-ring (bicyclic) bond motifs is 1. The summed E-state index contributed by atoms with van der Waals surface area (Å²) >= 11 is 0. The molecule has 4 nitrogen and oxygen atoms in total. The number of carboxylic acids is 1. The lowest BCUT2D eigenvalue weighted by molar-refractivity contribution is 0.0691. The summed E-state index contributed by atoms with van der Waals surface area (Å²) in [7, 11) is 0. The Hall–Kier alpha value is -2.36. The SMILES string of the molecule is Nc1ccc(-c2ccc3c(c2)CCCC3)c(C(=O)O)n1. The minimum atomic E-state index is -1.05. The fraction of sp³-hybridized carbons (Fsp3) is 0.250. The van der Waals surface area contributed by atoms with Gasteiger partial charge in [-0.25, -0.2) is 9.78 Å². The van der Waals surface area contributed by atoms with Crippen molar-refractivity contribution < 1.29 is 9.90 Å². The van der Waals surface area contributed by atoms with Crippen LogP contribution in [0.5, 0.6) is 0 Å². The molecule has 1 heterocycles. The second-order valence-corrected chi connectivity index (χ2v) is 5.13. The summed E-state index contributed by atoms with van der Waals surface area (Å²) in [5.74, 6) is -0.825. The number of hydrogen-bond donors (Lipinski definition) is 2. The summed E-state index contributed by atoms with van der Waals surface area (Å²) in [4.78, 5) is 15.3. The van der Waals surface area contributed by atoms with Crippen molar-refractivity contribution in [1.29, 1.82) is 0 Å². The van der Waals surface area contributed by atoms with Crippen molar-refractivity contribution in [2.75, 3.05) is 5.73 Å². The van der Waals surface area contributed by atoms with Crippen LogP contribution < -0.4 is 5.73 Å². The van der Waals surface area contributed by atoms with Gasteiger partial charge in [-0.15, -0.1) is 0 Å². The molecule has 0 fully saturated rings. The zero-order chi connectivity index (χ0) is 14.1. The highest BCUT2D eigenvalue weighted by Crippen LogP contribution is 2.29. The molecule has 0 atom stereocenters. The number of nitrogen functional groups attached to an aromatic ring is 1. The van der Waals surface area contributed by atoms with E-state index in [4.69, 9.17) is 5.73 Å². The summed E-state index contributed by atoms with van der Waals surface area (Å²) in [5.41, 5.74) is 9.81. The van der Waals surface area contributed by atoms with Gasteiger partial charge in [0.25, 0.3) is 0 Å². The number of pyridine rings is 1. The fourth-order valence-electron chi connectivity index (χ4n) is 2.77. The maximum atomic E-state index is 11.3. The quantitative estimate of drug-likeness (QED) is 0.878. The number of carbonyl (C=O) groups is 1. The van der Waals surface area contributed by atoms with Gasteiger partial charge in [0, 0.05) is 5.56 Å². The standard InChI is InChI=1S/C16H16N2O2/c17-14-8-7-13(15(18-14)16(19)20)12-6-5-10-3-1-2-4-11(10)9-12/h5-9H,1-4H2,(H2,17,18)(H,19,20). The van der Waals surface area contributed by atoms with Crippen LogP contribution in [-0.2, 0) is 12.8 Å². The molecule has 1 aliphatic rings. The van der Waals surface area contributed by atoms with Gasteiger partial charge in [0.1, 0.15) is 5.82 Å². The highest BCUT2D eigenvalue weighted by Gasteiger charge is 2.16. The molecule has 102 valence electrons. The first-order chi connectivity index (χ1) is 9.65. The van der Waals surface area contributed by atoms with Gasteiger partial charge in [-0.3, -0.25) is 0 Å². The molecule has 1 aromatic heterocycles. The highest BCUT2D eigenvalue weighted by molar-refractivity contribution is 5.94. The molecule has 0 unspecified atom stereocenters. The second kappa shape index (κ2) is 4.96. The normalized spacial score (nSPS) is 13.8. The molecule has 0 aliphatic heterocycles. The van der Waals surface area contributed by atoms with Crippen LogP contribution in [0.1, 0.15) is 34.5 Å². The number of benzene rings is 1. The Kier molecular flexibility index (Phi) is 3.14. The van der Waals surface area contributed by atoms with E-state index in [1.54, 1.807) is 12.1 Å². The van der Waals surface area contributed by atoms with Crippen LogP contribution in [0.4, 0.5) is 5.82 Å². The molecule has 0 saturated carbocycles. The summed E-state index contributed by atoms with van der Waals surface area (Å²) in [5, 5.41) is 9.27. The van der Waals surface area contributed by atoms with Crippen molar-refractivity contribution in [1.82, 2.24) is 4.98 Å². The van der Waals surface area contributed by atoms with Crippen molar-refractivity contribution in [3.05, 3.63) is 47.2 Å². The van der Waals surface area contributed by atoms with Gasteiger partial charge in [0.2, 0.25) is 0 Å². The molecule has 0 radical (unpaired) electrons. The zero-order valence-corrected chi connectivity index (χ0v) is 11.1. The molecule has 0 saturated heterocycles. The molecule has 3 N–H and O–H groups in total. The van der Waals surface area contributed by atoms with E-state index in [1.807, 2.05) is 6.07 Å². The van der Waals surface area contributed by atoms with E-state index in [2.05, 4.69) is 17.1 Å².